The smallest absolute Gasteiger partial charge is 0.265 e. The van der Waals surface area contributed by atoms with Crippen LogP contribution >= 0.6 is 22.9 Å². The third kappa shape index (κ3) is 3.54. The number of ketones is 1. The van der Waals surface area contributed by atoms with Crippen LogP contribution in [0.2, 0.25) is 5.02 Å². The van der Waals surface area contributed by atoms with Crippen LogP contribution in [-0.2, 0) is 6.42 Å². The second-order valence-corrected chi connectivity index (χ2v) is 9.80. The number of aromatic nitrogens is 4. The minimum absolute atomic E-state index is 0.0409. The van der Waals surface area contributed by atoms with Gasteiger partial charge in [0.1, 0.15) is 5.01 Å². The van der Waals surface area contributed by atoms with Crippen molar-refractivity contribution in [1.29, 1.82) is 0 Å². The van der Waals surface area contributed by atoms with Crippen molar-refractivity contribution in [2.75, 3.05) is 0 Å². The molecule has 0 unspecified atom stereocenters. The molecule has 0 spiro atoms. The maximum Gasteiger partial charge on any atom is 0.265 e. The summed E-state index contributed by atoms with van der Waals surface area (Å²) in [4.78, 5) is 31.3. The van der Waals surface area contributed by atoms with Crippen molar-refractivity contribution in [2.24, 2.45) is 5.41 Å². The molecule has 1 aliphatic rings. The fourth-order valence-corrected chi connectivity index (χ4v) is 5.02. The van der Waals surface area contributed by atoms with Gasteiger partial charge in [-0.3, -0.25) is 19.3 Å². The van der Waals surface area contributed by atoms with E-state index in [1.807, 2.05) is 31.4 Å². The Bertz CT molecular complexity index is 1350. The molecular weight excluding hydrogens is 432 g/mol. The Kier molecular flexibility index (Phi) is 4.68. The van der Waals surface area contributed by atoms with Crippen molar-refractivity contribution in [1.82, 2.24) is 19.7 Å². The summed E-state index contributed by atoms with van der Waals surface area (Å²) in [6.07, 6.45) is 4.33. The van der Waals surface area contributed by atoms with Gasteiger partial charge in [-0.1, -0.05) is 37.6 Å². The zero-order valence-corrected chi connectivity index (χ0v) is 18.5. The van der Waals surface area contributed by atoms with E-state index in [2.05, 4.69) is 10.2 Å². The number of nitrogens with zero attached hydrogens (tertiary/aromatic N) is 3. The molecule has 0 amide bonds. The summed E-state index contributed by atoms with van der Waals surface area (Å²) in [5.41, 5.74) is 3.59. The first-order valence-corrected chi connectivity index (χ1v) is 11.1. The monoisotopic (exact) mass is 450 g/mol. The molecule has 156 valence electrons. The maximum atomic E-state index is 13.6. The highest BCUT2D eigenvalue weighted by molar-refractivity contribution is 7.13. The molecule has 8 heteroatoms. The molecule has 3 aromatic heterocycles. The highest BCUT2D eigenvalue weighted by Crippen LogP contribution is 2.37. The van der Waals surface area contributed by atoms with E-state index in [0.717, 1.165) is 17.0 Å². The molecule has 1 aliphatic carbocycles. The number of halogens is 1. The normalized spacial score (nSPS) is 15.1. The van der Waals surface area contributed by atoms with Crippen LogP contribution in [-0.4, -0.2) is 25.5 Å². The molecule has 0 radical (unpaired) electrons. The first-order valence-electron chi connectivity index (χ1n) is 9.85. The van der Waals surface area contributed by atoms with Crippen molar-refractivity contribution in [3.8, 4) is 27.5 Å². The van der Waals surface area contributed by atoms with Gasteiger partial charge in [0, 0.05) is 39.8 Å². The van der Waals surface area contributed by atoms with E-state index in [-0.39, 0.29) is 16.8 Å². The molecule has 31 heavy (non-hydrogen) atoms. The van der Waals surface area contributed by atoms with Gasteiger partial charge >= 0.3 is 0 Å². The standard InChI is InChI=1S/C23H19ClN4O2S/c1-23(2)8-19-16(20(29)9-23)7-17(22(30)28(19)15-10-25-26-11-15)21-27-18(12-31-21)13-3-5-14(24)6-4-13/h3-7,10-12H,8-9H2,1-2H3,(H,25,26). The maximum absolute atomic E-state index is 13.6. The van der Waals surface area contributed by atoms with Gasteiger partial charge in [-0.2, -0.15) is 5.10 Å². The van der Waals surface area contributed by atoms with Crippen LogP contribution in [0.1, 0.15) is 36.3 Å². The van der Waals surface area contributed by atoms with Gasteiger partial charge < -0.3 is 0 Å². The molecule has 6 nitrogen and oxygen atoms in total. The average Bonchev–Trinajstić information content (AvgIpc) is 3.40. The van der Waals surface area contributed by atoms with E-state index in [0.29, 0.717) is 39.7 Å². The van der Waals surface area contributed by atoms with Crippen LogP contribution in [0.15, 0.2) is 52.9 Å². The number of H-pyrrole nitrogens is 1. The van der Waals surface area contributed by atoms with Crippen molar-refractivity contribution in [3.63, 3.8) is 0 Å². The quantitative estimate of drug-likeness (QED) is 0.467. The molecule has 4 aromatic rings. The second kappa shape index (κ2) is 7.28. The van der Waals surface area contributed by atoms with Gasteiger partial charge in [-0.05, 0) is 30.0 Å². The number of nitrogens with one attached hydrogen (secondary N) is 1. The van der Waals surface area contributed by atoms with Crippen LogP contribution in [0.25, 0.3) is 27.5 Å². The summed E-state index contributed by atoms with van der Waals surface area (Å²) < 4.78 is 1.61. The number of carbonyl (C=O) groups excluding carboxylic acids is 1. The van der Waals surface area contributed by atoms with Gasteiger partial charge in [0.2, 0.25) is 0 Å². The topological polar surface area (TPSA) is 80.6 Å². The lowest BCUT2D eigenvalue weighted by molar-refractivity contribution is 0.0909. The van der Waals surface area contributed by atoms with Crippen molar-refractivity contribution < 1.29 is 4.79 Å². The fourth-order valence-electron chi connectivity index (χ4n) is 4.06. The van der Waals surface area contributed by atoms with E-state index < -0.39 is 0 Å². The summed E-state index contributed by atoms with van der Waals surface area (Å²) >= 11 is 7.37. The Morgan fingerprint density at radius 3 is 2.61 bits per heavy atom. The lowest BCUT2D eigenvalue weighted by atomic mass is 9.75. The van der Waals surface area contributed by atoms with Crippen LogP contribution in [0.5, 0.6) is 0 Å². The number of hydrogen-bond donors (Lipinski definition) is 1. The first kappa shape index (κ1) is 19.9. The van der Waals surface area contributed by atoms with Gasteiger partial charge in [0.25, 0.3) is 5.56 Å². The predicted octanol–water partition coefficient (Wildman–Crippen LogP) is 5.16. The molecule has 3 heterocycles. The molecule has 1 N–H and O–H groups in total. The summed E-state index contributed by atoms with van der Waals surface area (Å²) in [5.74, 6) is 0.0409. The number of fused-ring (bicyclic) bond motifs is 1. The molecule has 5 rings (SSSR count). The van der Waals surface area contributed by atoms with Gasteiger partial charge in [0.05, 0.1) is 23.1 Å². The van der Waals surface area contributed by atoms with E-state index in [1.54, 1.807) is 35.2 Å². The number of Topliss-reactive ketones (excluding diaryl/α,β-unsaturated/α-hetero) is 1. The van der Waals surface area contributed by atoms with Crippen LogP contribution in [0.3, 0.4) is 0 Å². The Balaban J connectivity index is 1.70. The molecule has 0 saturated carbocycles. The number of rotatable bonds is 3. The highest BCUT2D eigenvalue weighted by Gasteiger charge is 2.34. The van der Waals surface area contributed by atoms with Crippen LogP contribution < -0.4 is 5.56 Å². The number of benzene rings is 1. The summed E-state index contributed by atoms with van der Waals surface area (Å²) in [5, 5.41) is 9.90. The molecule has 0 fully saturated rings. The van der Waals surface area contributed by atoms with Gasteiger partial charge in [0.15, 0.2) is 5.78 Å². The molecular formula is C23H19ClN4O2S. The predicted molar refractivity (Wildman–Crippen MR) is 122 cm³/mol. The van der Waals surface area contributed by atoms with Crippen LogP contribution in [0, 0.1) is 5.41 Å². The number of pyridine rings is 1. The third-order valence-electron chi connectivity index (χ3n) is 5.51. The number of thiazole rings is 1. The number of aromatic amines is 1. The Labute approximate surface area is 187 Å². The van der Waals surface area contributed by atoms with E-state index in [1.165, 1.54) is 11.3 Å². The Morgan fingerprint density at radius 1 is 1.13 bits per heavy atom. The largest absolute Gasteiger partial charge is 0.294 e. The van der Waals surface area contributed by atoms with Crippen molar-refractivity contribution >= 4 is 28.7 Å². The van der Waals surface area contributed by atoms with E-state index in [9.17, 15) is 9.59 Å². The fraction of sp³-hybridized carbons (Fsp3) is 0.217. The molecule has 0 bridgehead atoms. The van der Waals surface area contributed by atoms with Gasteiger partial charge in [-0.25, -0.2) is 4.98 Å². The van der Waals surface area contributed by atoms with E-state index in [4.69, 9.17) is 16.6 Å². The SMILES string of the molecule is CC1(C)CC(=O)c2cc(-c3nc(-c4ccc(Cl)cc4)cs3)c(=O)n(-c3cn[nH]c3)c2C1. The summed E-state index contributed by atoms with van der Waals surface area (Å²) in [6.45, 7) is 4.09. The second-order valence-electron chi connectivity index (χ2n) is 8.50. The zero-order chi connectivity index (χ0) is 21.8. The number of carbonyl (C=O) groups is 1. The first-order chi connectivity index (χ1) is 14.8. The lowest BCUT2D eigenvalue weighted by Crippen LogP contribution is -2.34. The summed E-state index contributed by atoms with van der Waals surface area (Å²) in [6, 6.07) is 9.12. The van der Waals surface area contributed by atoms with Crippen molar-refractivity contribution in [2.45, 2.75) is 26.7 Å². The third-order valence-corrected chi connectivity index (χ3v) is 6.63. The lowest BCUT2D eigenvalue weighted by Gasteiger charge is -2.32. The van der Waals surface area contributed by atoms with E-state index >= 15 is 0 Å². The molecule has 1 aromatic carbocycles. The summed E-state index contributed by atoms with van der Waals surface area (Å²) in [7, 11) is 0. The molecule has 0 saturated heterocycles. The Morgan fingerprint density at radius 2 is 1.90 bits per heavy atom. The Hall–Kier alpha value is -3.03. The van der Waals surface area contributed by atoms with Gasteiger partial charge in [-0.15, -0.1) is 11.3 Å². The minimum Gasteiger partial charge on any atom is -0.294 e. The van der Waals surface area contributed by atoms with Crippen LogP contribution in [0.4, 0.5) is 0 Å². The average molecular weight is 451 g/mol. The highest BCUT2D eigenvalue weighted by atomic mass is 35.5. The molecule has 0 aliphatic heterocycles. The molecule has 0 atom stereocenters. The van der Waals surface area contributed by atoms with Crippen molar-refractivity contribution in [3.05, 3.63) is 74.7 Å². The number of hydrogen-bond acceptors (Lipinski definition) is 5. The minimum atomic E-state index is -0.216. The zero-order valence-electron chi connectivity index (χ0n) is 17.0.